The van der Waals surface area contributed by atoms with E-state index in [1.54, 1.807) is 0 Å². The van der Waals surface area contributed by atoms with Crippen LogP contribution in [0.25, 0.3) is 0 Å². The molecule has 0 atom stereocenters. The first-order valence-electron chi connectivity index (χ1n) is 0. The van der Waals surface area contributed by atoms with Gasteiger partial charge in [0, 0.05) is 0 Å². The molecule has 0 aliphatic carbocycles. The second-order valence-electron chi connectivity index (χ2n) is 0. The summed E-state index contributed by atoms with van der Waals surface area (Å²) in [6.07, 6.45) is 0. The standard InChI is InChI=1S/CH4.5CH3.Li.Mg.Zn/h1H4;5*1H3;;;/q;5*-1;+1;2*+2. The molecule has 0 aromatic carbocycles. The molecule has 0 aliphatic heterocycles. The molecule has 0 aromatic heterocycles. The normalized spacial score (nSPS) is 0. The van der Waals surface area contributed by atoms with Gasteiger partial charge in [0.15, 0.2) is 0 Å². The van der Waals surface area contributed by atoms with Crippen molar-refractivity contribution in [1.29, 1.82) is 0 Å². The zero-order valence-corrected chi connectivity index (χ0v) is 11.8. The van der Waals surface area contributed by atoms with Crippen LogP contribution in [0.4, 0.5) is 0 Å². The third-order valence-electron chi connectivity index (χ3n) is 0. The maximum absolute atomic E-state index is 0. The van der Waals surface area contributed by atoms with Crippen LogP contribution in [-0.2, 0) is 19.5 Å². The Hall–Kier alpha value is 1.99. The van der Waals surface area contributed by atoms with Gasteiger partial charge in [0.25, 0.3) is 0 Å². The number of hydrogen-bond donors (Lipinski definition) is 0. The van der Waals surface area contributed by atoms with Gasteiger partial charge in [0.1, 0.15) is 0 Å². The van der Waals surface area contributed by atoms with Crippen molar-refractivity contribution < 1.29 is 38.3 Å². The van der Waals surface area contributed by atoms with Gasteiger partial charge < -0.3 is 37.1 Å². The van der Waals surface area contributed by atoms with Crippen molar-refractivity contribution in [2.75, 3.05) is 0 Å². The minimum atomic E-state index is 0. The molecule has 0 N–H and O–H groups in total. The Kier molecular flexibility index (Phi) is 6300. The van der Waals surface area contributed by atoms with Gasteiger partial charge in [-0.2, -0.15) is 0 Å². The predicted octanol–water partition coefficient (Wildman–Crippen LogP) is -0.492. The first kappa shape index (κ1) is 278. The van der Waals surface area contributed by atoms with Crippen LogP contribution >= 0.6 is 0 Å². The van der Waals surface area contributed by atoms with Gasteiger partial charge in [-0.3, -0.25) is 0 Å². The van der Waals surface area contributed by atoms with Crippen LogP contribution in [0.15, 0.2) is 0 Å². The topological polar surface area (TPSA) is 0 Å². The van der Waals surface area contributed by atoms with Gasteiger partial charge in [-0.05, 0) is 0 Å². The van der Waals surface area contributed by atoms with Crippen molar-refractivity contribution in [3.05, 3.63) is 37.1 Å². The quantitative estimate of drug-likeness (QED) is 0.355. The average molecular weight is 188 g/mol. The summed E-state index contributed by atoms with van der Waals surface area (Å²) < 4.78 is 0. The monoisotopic (exact) mass is 186 g/mol. The van der Waals surface area contributed by atoms with Gasteiger partial charge in [-0.25, -0.2) is 0 Å². The second kappa shape index (κ2) is 204. The first-order valence-corrected chi connectivity index (χ1v) is 0. The number of rotatable bonds is 0. The van der Waals surface area contributed by atoms with Crippen molar-refractivity contribution in [3.63, 3.8) is 0 Å². The van der Waals surface area contributed by atoms with Crippen LogP contribution in [-0.4, -0.2) is 23.1 Å². The van der Waals surface area contributed by atoms with Gasteiger partial charge >= 0.3 is 61.4 Å². The van der Waals surface area contributed by atoms with Crippen LogP contribution in [0.5, 0.6) is 0 Å². The van der Waals surface area contributed by atoms with E-state index in [1.165, 1.54) is 0 Å². The molecule has 0 saturated carbocycles. The summed E-state index contributed by atoms with van der Waals surface area (Å²) in [6.45, 7) is 0. The predicted molar refractivity (Wildman–Crippen MR) is 44.6 cm³/mol. The van der Waals surface area contributed by atoms with E-state index in [0.29, 0.717) is 0 Å². The molecule has 0 aromatic rings. The van der Waals surface area contributed by atoms with Crippen molar-refractivity contribution in [2.24, 2.45) is 0 Å². The third-order valence-corrected chi connectivity index (χ3v) is 0. The van der Waals surface area contributed by atoms with E-state index in [-0.39, 0.29) is 106 Å². The molecule has 48 valence electrons. The molecule has 0 bridgehead atoms. The maximum atomic E-state index is 0. The maximum Gasteiger partial charge on any atom is 2.00 e. The fourth-order valence-corrected chi connectivity index (χ4v) is 0. The van der Waals surface area contributed by atoms with Crippen molar-refractivity contribution >= 4 is 23.1 Å². The molecule has 3 heteroatoms. The Morgan fingerprint density at radius 1 is 0.556 bits per heavy atom. The fourth-order valence-electron chi connectivity index (χ4n) is 0. The molecule has 9 heavy (non-hydrogen) atoms. The van der Waals surface area contributed by atoms with Crippen LogP contribution in [0.2, 0.25) is 0 Å². The zero-order valence-electron chi connectivity index (χ0n) is 7.41. The summed E-state index contributed by atoms with van der Waals surface area (Å²) in [4.78, 5) is 0. The molecule has 0 saturated heterocycles. The zero-order chi connectivity index (χ0) is 0. The van der Waals surface area contributed by atoms with E-state index in [4.69, 9.17) is 0 Å². The summed E-state index contributed by atoms with van der Waals surface area (Å²) in [7, 11) is 0. The molecule has 0 nitrogen and oxygen atoms in total. The molecule has 0 amide bonds. The minimum absolute atomic E-state index is 0. The Morgan fingerprint density at radius 3 is 0.556 bits per heavy atom. The molecule has 0 aliphatic rings. The fraction of sp³-hybridized carbons (Fsp3) is 0.167. The van der Waals surface area contributed by atoms with E-state index in [1.807, 2.05) is 0 Å². The minimum Gasteiger partial charge on any atom is -0.358 e. The van der Waals surface area contributed by atoms with Gasteiger partial charge in [-0.15, -0.1) is 0 Å². The van der Waals surface area contributed by atoms with Crippen molar-refractivity contribution in [1.82, 2.24) is 0 Å². The molecular weight excluding hydrogens is 169 g/mol. The van der Waals surface area contributed by atoms with Gasteiger partial charge in [0.05, 0.1) is 0 Å². The van der Waals surface area contributed by atoms with E-state index in [2.05, 4.69) is 0 Å². The van der Waals surface area contributed by atoms with E-state index in [9.17, 15) is 0 Å². The molecular formula is C6H19LiMgZn. The van der Waals surface area contributed by atoms with E-state index in [0.717, 1.165) is 0 Å². The molecule has 0 rings (SSSR count). The summed E-state index contributed by atoms with van der Waals surface area (Å²) in [5.41, 5.74) is 0. The summed E-state index contributed by atoms with van der Waals surface area (Å²) >= 11 is 0. The molecule has 0 radical (unpaired) electrons. The molecule has 0 fully saturated rings. The van der Waals surface area contributed by atoms with Crippen LogP contribution in [0.3, 0.4) is 0 Å². The smallest absolute Gasteiger partial charge is 0.358 e. The van der Waals surface area contributed by atoms with Gasteiger partial charge in [-0.1, -0.05) is 7.43 Å². The van der Waals surface area contributed by atoms with E-state index >= 15 is 0 Å². The van der Waals surface area contributed by atoms with Crippen LogP contribution < -0.4 is 18.9 Å². The Labute approximate surface area is 105 Å². The SMILES string of the molecule is C.[CH3-].[CH3-].[CH3-].[CH3-].[CH3-].[Li+].[Mg+2].[Zn+2]. The number of hydrogen-bond acceptors (Lipinski definition) is 0. The Morgan fingerprint density at radius 2 is 0.556 bits per heavy atom. The Balaban J connectivity index is 0. The second-order valence-corrected chi connectivity index (χ2v) is 0. The molecule has 0 spiro atoms. The largest absolute Gasteiger partial charge is 2.00 e. The van der Waals surface area contributed by atoms with Gasteiger partial charge in [0.2, 0.25) is 0 Å². The van der Waals surface area contributed by atoms with Crippen LogP contribution in [0, 0.1) is 37.1 Å². The van der Waals surface area contributed by atoms with Crippen molar-refractivity contribution in [3.8, 4) is 0 Å². The average Bonchev–Trinajstić information content (AvgIpc) is 0. The first-order chi connectivity index (χ1) is 0. The molecule has 0 unspecified atom stereocenters. The van der Waals surface area contributed by atoms with Crippen LogP contribution in [0.1, 0.15) is 7.43 Å². The summed E-state index contributed by atoms with van der Waals surface area (Å²) in [5.74, 6) is 0. The summed E-state index contributed by atoms with van der Waals surface area (Å²) in [5, 5.41) is 0. The van der Waals surface area contributed by atoms with E-state index < -0.39 is 0 Å². The van der Waals surface area contributed by atoms with Crippen molar-refractivity contribution in [2.45, 2.75) is 7.43 Å². The molecule has 0 heterocycles. The summed E-state index contributed by atoms with van der Waals surface area (Å²) in [6, 6.07) is 0. The Bertz CT molecular complexity index is 13.0. The third kappa shape index (κ3) is 161.